The quantitative estimate of drug-likeness (QED) is 0.686. The molecule has 6 nitrogen and oxygen atoms in total. The first-order chi connectivity index (χ1) is 13.9. The molecule has 1 aromatic heterocycles. The number of carbonyl (C=O) groups is 1. The fraction of sp³-hybridized carbons (Fsp3) is 0.286. The van der Waals surface area contributed by atoms with Crippen molar-refractivity contribution in [2.45, 2.75) is 25.3 Å². The summed E-state index contributed by atoms with van der Waals surface area (Å²) >= 11 is 12.1. The summed E-state index contributed by atoms with van der Waals surface area (Å²) in [5.74, 6) is -0.0207. The van der Waals surface area contributed by atoms with Crippen molar-refractivity contribution in [3.05, 3.63) is 68.1 Å². The zero-order chi connectivity index (χ0) is 20.5. The maximum Gasteiger partial charge on any atom is 0.326 e. The standard InChI is InChI=1S/C21H18Cl2N4O2/c22-15-6-14(7-16(23)10-15)9-20(28)26-5-1-2-17(12-26)27-19-4-3-13(11-24)8-18(19)25-21(27)29/h3-4,6-8,10,17H,1-2,5,9,12H2,(H,25,29)/t17-/m0/s1. The Morgan fingerprint density at radius 1 is 1.21 bits per heavy atom. The van der Waals surface area contributed by atoms with Crippen molar-refractivity contribution < 1.29 is 4.79 Å². The van der Waals surface area contributed by atoms with E-state index in [2.05, 4.69) is 11.1 Å². The number of benzene rings is 2. The van der Waals surface area contributed by atoms with Gasteiger partial charge in [-0.15, -0.1) is 0 Å². The number of imidazole rings is 1. The predicted molar refractivity (Wildman–Crippen MR) is 112 cm³/mol. The third-order valence-corrected chi connectivity index (χ3v) is 5.67. The number of nitrogens with zero attached hydrogens (tertiary/aromatic N) is 3. The first-order valence-corrected chi connectivity index (χ1v) is 10.1. The van der Waals surface area contributed by atoms with Gasteiger partial charge < -0.3 is 9.88 Å². The van der Waals surface area contributed by atoms with Crippen LogP contribution < -0.4 is 5.69 Å². The van der Waals surface area contributed by atoms with E-state index in [1.165, 1.54) is 0 Å². The van der Waals surface area contributed by atoms with E-state index in [4.69, 9.17) is 28.5 Å². The Balaban J connectivity index is 1.56. The van der Waals surface area contributed by atoms with E-state index in [9.17, 15) is 9.59 Å². The lowest BCUT2D eigenvalue weighted by atomic mass is 10.0. The Kier molecular flexibility index (Phi) is 5.35. The van der Waals surface area contributed by atoms with Crippen LogP contribution in [0.25, 0.3) is 11.0 Å². The molecule has 1 aliphatic heterocycles. The number of halogens is 2. The number of aromatic amines is 1. The minimum absolute atomic E-state index is 0.0207. The number of fused-ring (bicyclic) bond motifs is 1. The van der Waals surface area contributed by atoms with Crippen LogP contribution in [0.5, 0.6) is 0 Å². The van der Waals surface area contributed by atoms with Crippen LogP contribution in [0.2, 0.25) is 10.0 Å². The highest BCUT2D eigenvalue weighted by atomic mass is 35.5. The Morgan fingerprint density at radius 3 is 2.69 bits per heavy atom. The molecule has 0 radical (unpaired) electrons. The van der Waals surface area contributed by atoms with Gasteiger partial charge in [-0.2, -0.15) is 5.26 Å². The molecule has 1 saturated heterocycles. The lowest BCUT2D eigenvalue weighted by molar-refractivity contribution is -0.132. The van der Waals surface area contributed by atoms with Gasteiger partial charge in [-0.1, -0.05) is 23.2 Å². The molecule has 1 fully saturated rings. The summed E-state index contributed by atoms with van der Waals surface area (Å²) < 4.78 is 1.70. The van der Waals surface area contributed by atoms with Gasteiger partial charge in [0.25, 0.3) is 0 Å². The molecular formula is C21H18Cl2N4O2. The minimum Gasteiger partial charge on any atom is -0.340 e. The minimum atomic E-state index is -0.226. The van der Waals surface area contributed by atoms with E-state index in [1.54, 1.807) is 45.9 Å². The van der Waals surface area contributed by atoms with Crippen LogP contribution in [-0.4, -0.2) is 33.4 Å². The maximum atomic E-state index is 12.8. The summed E-state index contributed by atoms with van der Waals surface area (Å²) in [5, 5.41) is 10.1. The second kappa shape index (κ2) is 7.94. The topological polar surface area (TPSA) is 81.9 Å². The molecule has 0 saturated carbocycles. The van der Waals surface area contributed by atoms with E-state index in [-0.39, 0.29) is 24.1 Å². The van der Waals surface area contributed by atoms with Crippen LogP contribution in [0.15, 0.2) is 41.2 Å². The summed E-state index contributed by atoms with van der Waals surface area (Å²) in [4.78, 5) is 30.0. The highest BCUT2D eigenvalue weighted by Crippen LogP contribution is 2.26. The number of hydrogen-bond acceptors (Lipinski definition) is 3. The smallest absolute Gasteiger partial charge is 0.326 e. The Hall–Kier alpha value is -2.75. The van der Waals surface area contributed by atoms with Crippen LogP contribution in [0.4, 0.5) is 0 Å². The van der Waals surface area contributed by atoms with Gasteiger partial charge in [0.1, 0.15) is 0 Å². The molecule has 3 aromatic rings. The van der Waals surface area contributed by atoms with Crippen molar-refractivity contribution in [3.8, 4) is 6.07 Å². The fourth-order valence-corrected chi connectivity index (χ4v) is 4.53. The number of rotatable bonds is 3. The molecule has 1 N–H and O–H groups in total. The zero-order valence-corrected chi connectivity index (χ0v) is 17.0. The van der Waals surface area contributed by atoms with Gasteiger partial charge in [-0.05, 0) is 54.8 Å². The number of piperidine rings is 1. The van der Waals surface area contributed by atoms with Crippen molar-refractivity contribution in [1.82, 2.24) is 14.5 Å². The average molecular weight is 429 g/mol. The molecule has 8 heteroatoms. The predicted octanol–water partition coefficient (Wildman–Crippen LogP) is 3.91. The lowest BCUT2D eigenvalue weighted by Gasteiger charge is -2.33. The zero-order valence-electron chi connectivity index (χ0n) is 15.5. The van der Waals surface area contributed by atoms with Crippen molar-refractivity contribution in [2.24, 2.45) is 0 Å². The van der Waals surface area contributed by atoms with Gasteiger partial charge in [0, 0.05) is 23.1 Å². The monoisotopic (exact) mass is 428 g/mol. The molecule has 29 heavy (non-hydrogen) atoms. The number of likely N-dealkylation sites (tertiary alicyclic amines) is 1. The number of aromatic nitrogens is 2. The first-order valence-electron chi connectivity index (χ1n) is 9.31. The van der Waals surface area contributed by atoms with Crippen LogP contribution in [0.1, 0.15) is 30.0 Å². The number of nitriles is 1. The van der Waals surface area contributed by atoms with Crippen molar-refractivity contribution in [1.29, 1.82) is 5.26 Å². The van der Waals surface area contributed by atoms with E-state index in [1.807, 2.05) is 0 Å². The van der Waals surface area contributed by atoms with E-state index in [0.29, 0.717) is 34.2 Å². The van der Waals surface area contributed by atoms with E-state index >= 15 is 0 Å². The van der Waals surface area contributed by atoms with Crippen molar-refractivity contribution >= 4 is 40.1 Å². The number of H-pyrrole nitrogens is 1. The van der Waals surface area contributed by atoms with Gasteiger partial charge in [0.2, 0.25) is 5.91 Å². The third-order valence-electron chi connectivity index (χ3n) is 5.24. The van der Waals surface area contributed by atoms with E-state index < -0.39 is 0 Å². The summed E-state index contributed by atoms with van der Waals surface area (Å²) in [6.07, 6.45) is 1.82. The highest BCUT2D eigenvalue weighted by molar-refractivity contribution is 6.34. The Bertz CT molecular complexity index is 1170. The van der Waals surface area contributed by atoms with Crippen molar-refractivity contribution in [2.75, 3.05) is 13.1 Å². The molecule has 1 aliphatic rings. The summed E-state index contributed by atoms with van der Waals surface area (Å²) in [6, 6.07) is 12.2. The molecule has 0 spiro atoms. The summed E-state index contributed by atoms with van der Waals surface area (Å²) in [5.41, 5.74) is 2.41. The molecule has 1 amide bonds. The molecule has 0 bridgehead atoms. The van der Waals surface area contributed by atoms with Crippen LogP contribution in [0, 0.1) is 11.3 Å². The van der Waals surface area contributed by atoms with E-state index in [0.717, 1.165) is 23.9 Å². The van der Waals surface area contributed by atoms with Crippen molar-refractivity contribution in [3.63, 3.8) is 0 Å². The number of amides is 1. The normalized spacial score (nSPS) is 16.7. The molecule has 2 heterocycles. The highest BCUT2D eigenvalue weighted by Gasteiger charge is 2.27. The molecule has 2 aromatic carbocycles. The fourth-order valence-electron chi connectivity index (χ4n) is 3.95. The molecule has 0 aliphatic carbocycles. The van der Waals surface area contributed by atoms with Gasteiger partial charge >= 0.3 is 5.69 Å². The third kappa shape index (κ3) is 4.02. The van der Waals surface area contributed by atoms with Crippen LogP contribution in [0.3, 0.4) is 0 Å². The lowest BCUT2D eigenvalue weighted by Crippen LogP contribution is -2.43. The molecule has 0 unspecified atom stereocenters. The maximum absolute atomic E-state index is 12.8. The molecular weight excluding hydrogens is 411 g/mol. The van der Waals surface area contributed by atoms with Gasteiger partial charge in [-0.3, -0.25) is 9.36 Å². The summed E-state index contributed by atoms with van der Waals surface area (Å²) in [7, 11) is 0. The number of nitrogens with one attached hydrogen (secondary N) is 1. The Morgan fingerprint density at radius 2 is 1.97 bits per heavy atom. The first kappa shape index (κ1) is 19.6. The van der Waals surface area contributed by atoms with Crippen LogP contribution >= 0.6 is 23.2 Å². The largest absolute Gasteiger partial charge is 0.340 e. The molecule has 1 atom stereocenters. The summed E-state index contributed by atoms with van der Waals surface area (Å²) in [6.45, 7) is 1.11. The SMILES string of the molecule is N#Cc1ccc2c(c1)[nH]c(=O)n2[C@H]1CCCN(C(=O)Cc2cc(Cl)cc(Cl)c2)C1. The second-order valence-electron chi connectivity index (χ2n) is 7.23. The van der Waals surface area contributed by atoms with Gasteiger partial charge in [-0.25, -0.2) is 4.79 Å². The average Bonchev–Trinajstić information content (AvgIpc) is 3.02. The Labute approximate surface area is 177 Å². The number of hydrogen-bond donors (Lipinski definition) is 1. The second-order valence-corrected chi connectivity index (χ2v) is 8.11. The molecule has 148 valence electrons. The van der Waals surface area contributed by atoms with Gasteiger partial charge in [0.15, 0.2) is 0 Å². The van der Waals surface area contributed by atoms with Gasteiger partial charge in [0.05, 0.1) is 35.1 Å². The van der Waals surface area contributed by atoms with Crippen LogP contribution in [-0.2, 0) is 11.2 Å². The molecule has 4 rings (SSSR count). The number of carbonyl (C=O) groups excluding carboxylic acids is 1.